The number of carbonyl (C=O) groups is 1. The van der Waals surface area contributed by atoms with E-state index in [2.05, 4.69) is 35.4 Å². The number of nitrogens with zero attached hydrogens (tertiary/aromatic N) is 1. The van der Waals surface area contributed by atoms with Crippen molar-refractivity contribution in [3.05, 3.63) is 70.2 Å². The summed E-state index contributed by atoms with van der Waals surface area (Å²) in [6.45, 7) is 6.34. The van der Waals surface area contributed by atoms with Gasteiger partial charge in [0.15, 0.2) is 5.13 Å². The summed E-state index contributed by atoms with van der Waals surface area (Å²) < 4.78 is 5.36. The van der Waals surface area contributed by atoms with Crippen molar-refractivity contribution in [2.24, 2.45) is 0 Å². The first-order valence-corrected chi connectivity index (χ1v) is 10.5. The van der Waals surface area contributed by atoms with Crippen LogP contribution < -0.4 is 5.32 Å². The summed E-state index contributed by atoms with van der Waals surface area (Å²) in [6.07, 6.45) is 0. The molecular formula is C21H22N2O2S2. The SMILES string of the molecule is Cc1ccc(Nc2nc(COC(=O)CSc3cc(C)ccc3C)cs2)cc1. The van der Waals surface area contributed by atoms with Gasteiger partial charge in [0.25, 0.3) is 0 Å². The van der Waals surface area contributed by atoms with Gasteiger partial charge in [-0.3, -0.25) is 4.79 Å². The van der Waals surface area contributed by atoms with E-state index in [1.165, 1.54) is 39.8 Å². The van der Waals surface area contributed by atoms with Gasteiger partial charge in [-0.2, -0.15) is 0 Å². The van der Waals surface area contributed by atoms with Crippen molar-refractivity contribution in [1.29, 1.82) is 0 Å². The molecule has 3 aromatic rings. The van der Waals surface area contributed by atoms with Crippen LogP contribution in [0.5, 0.6) is 0 Å². The number of thioether (sulfide) groups is 1. The van der Waals surface area contributed by atoms with Gasteiger partial charge in [-0.1, -0.05) is 35.4 Å². The molecule has 0 aliphatic heterocycles. The van der Waals surface area contributed by atoms with Crippen molar-refractivity contribution >= 4 is 39.9 Å². The summed E-state index contributed by atoms with van der Waals surface area (Å²) in [5, 5.41) is 5.95. The van der Waals surface area contributed by atoms with Crippen molar-refractivity contribution < 1.29 is 9.53 Å². The van der Waals surface area contributed by atoms with E-state index in [9.17, 15) is 4.79 Å². The molecule has 0 unspecified atom stereocenters. The quantitative estimate of drug-likeness (QED) is 0.412. The first-order valence-electron chi connectivity index (χ1n) is 8.63. The first kappa shape index (κ1) is 19.5. The van der Waals surface area contributed by atoms with E-state index in [0.29, 0.717) is 5.75 Å². The van der Waals surface area contributed by atoms with E-state index >= 15 is 0 Å². The molecular weight excluding hydrogens is 376 g/mol. The number of carbonyl (C=O) groups excluding carboxylic acids is 1. The van der Waals surface area contributed by atoms with Gasteiger partial charge < -0.3 is 10.1 Å². The molecule has 27 heavy (non-hydrogen) atoms. The number of rotatable bonds is 7. The largest absolute Gasteiger partial charge is 0.459 e. The third kappa shape index (κ3) is 5.84. The Labute approximate surface area is 168 Å². The lowest BCUT2D eigenvalue weighted by atomic mass is 10.2. The van der Waals surface area contributed by atoms with E-state index in [1.807, 2.05) is 43.5 Å². The molecule has 1 N–H and O–H groups in total. The van der Waals surface area contributed by atoms with Gasteiger partial charge in [-0.05, 0) is 44.5 Å². The lowest BCUT2D eigenvalue weighted by molar-refractivity contribution is -0.141. The van der Waals surface area contributed by atoms with Crippen molar-refractivity contribution in [2.75, 3.05) is 11.1 Å². The number of hydrogen-bond acceptors (Lipinski definition) is 6. The fourth-order valence-electron chi connectivity index (χ4n) is 2.39. The molecule has 3 rings (SSSR count). The van der Waals surface area contributed by atoms with Crippen LogP contribution in [0.1, 0.15) is 22.4 Å². The number of esters is 1. The number of aromatic nitrogens is 1. The molecule has 2 aromatic carbocycles. The maximum Gasteiger partial charge on any atom is 0.316 e. The maximum absolute atomic E-state index is 12.0. The van der Waals surface area contributed by atoms with Gasteiger partial charge >= 0.3 is 5.97 Å². The van der Waals surface area contributed by atoms with E-state index in [-0.39, 0.29) is 12.6 Å². The molecule has 0 saturated carbocycles. The van der Waals surface area contributed by atoms with Gasteiger partial charge in [0, 0.05) is 16.0 Å². The molecule has 0 fully saturated rings. The molecule has 140 valence electrons. The van der Waals surface area contributed by atoms with E-state index in [1.54, 1.807) is 0 Å². The Bertz CT molecular complexity index is 920. The lowest BCUT2D eigenvalue weighted by Crippen LogP contribution is -2.07. The zero-order chi connectivity index (χ0) is 19.2. The number of nitrogens with one attached hydrogen (secondary N) is 1. The van der Waals surface area contributed by atoms with Gasteiger partial charge in [0.1, 0.15) is 6.61 Å². The standard InChI is InChI=1S/C21H22N2O2S2/c1-14-5-8-17(9-6-14)22-21-23-18(12-27-21)11-25-20(24)13-26-19-10-15(2)4-7-16(19)3/h4-10,12H,11,13H2,1-3H3,(H,22,23). The zero-order valence-electron chi connectivity index (χ0n) is 15.6. The summed E-state index contributed by atoms with van der Waals surface area (Å²) in [6, 6.07) is 14.4. The van der Waals surface area contributed by atoms with Crippen LogP contribution in [0.15, 0.2) is 52.7 Å². The van der Waals surface area contributed by atoms with Crippen molar-refractivity contribution in [3.63, 3.8) is 0 Å². The summed E-state index contributed by atoms with van der Waals surface area (Å²) >= 11 is 3.00. The predicted molar refractivity (Wildman–Crippen MR) is 113 cm³/mol. The van der Waals surface area contributed by atoms with Crippen molar-refractivity contribution in [1.82, 2.24) is 4.98 Å². The molecule has 0 atom stereocenters. The van der Waals surface area contributed by atoms with Crippen molar-refractivity contribution in [3.8, 4) is 0 Å². The van der Waals surface area contributed by atoms with Crippen LogP contribution >= 0.6 is 23.1 Å². The number of ether oxygens (including phenoxy) is 1. The minimum absolute atomic E-state index is 0.193. The van der Waals surface area contributed by atoms with Gasteiger partial charge in [0.05, 0.1) is 11.4 Å². The fourth-order valence-corrected chi connectivity index (χ4v) is 4.02. The van der Waals surface area contributed by atoms with Crippen LogP contribution in [0.4, 0.5) is 10.8 Å². The van der Waals surface area contributed by atoms with Crippen molar-refractivity contribution in [2.45, 2.75) is 32.3 Å². The fraction of sp³-hybridized carbons (Fsp3) is 0.238. The average Bonchev–Trinajstić information content (AvgIpc) is 3.10. The summed E-state index contributed by atoms with van der Waals surface area (Å²) in [5.41, 5.74) is 5.31. The number of hydrogen-bond donors (Lipinski definition) is 1. The Morgan fingerprint density at radius 3 is 2.63 bits per heavy atom. The Morgan fingerprint density at radius 1 is 1.11 bits per heavy atom. The number of anilines is 2. The second kappa shape index (κ2) is 9.06. The highest BCUT2D eigenvalue weighted by atomic mass is 32.2. The second-order valence-electron chi connectivity index (χ2n) is 6.35. The summed E-state index contributed by atoms with van der Waals surface area (Å²) in [5.74, 6) is 0.0602. The maximum atomic E-state index is 12.0. The van der Waals surface area contributed by atoms with Gasteiger partial charge in [-0.15, -0.1) is 23.1 Å². The topological polar surface area (TPSA) is 51.2 Å². The summed E-state index contributed by atoms with van der Waals surface area (Å²) in [7, 11) is 0. The highest BCUT2D eigenvalue weighted by Gasteiger charge is 2.09. The molecule has 0 saturated heterocycles. The zero-order valence-corrected chi connectivity index (χ0v) is 17.2. The molecule has 0 amide bonds. The Morgan fingerprint density at radius 2 is 1.85 bits per heavy atom. The molecule has 0 spiro atoms. The number of aryl methyl sites for hydroxylation is 3. The molecule has 0 radical (unpaired) electrons. The Kier molecular flexibility index (Phi) is 6.53. The monoisotopic (exact) mass is 398 g/mol. The third-order valence-corrected chi connectivity index (χ3v) is 5.86. The summed E-state index contributed by atoms with van der Waals surface area (Å²) in [4.78, 5) is 17.6. The van der Waals surface area contributed by atoms with E-state index in [4.69, 9.17) is 4.74 Å². The molecule has 1 aromatic heterocycles. The second-order valence-corrected chi connectivity index (χ2v) is 8.23. The molecule has 6 heteroatoms. The van der Waals surface area contributed by atoms with E-state index in [0.717, 1.165) is 21.4 Å². The lowest BCUT2D eigenvalue weighted by Gasteiger charge is -2.07. The number of thiazole rings is 1. The van der Waals surface area contributed by atoms with Gasteiger partial charge in [-0.25, -0.2) is 4.98 Å². The Hall–Kier alpha value is -2.31. The molecule has 1 heterocycles. The molecule has 0 aliphatic rings. The normalized spacial score (nSPS) is 10.6. The van der Waals surface area contributed by atoms with Crippen LogP contribution in [-0.4, -0.2) is 16.7 Å². The van der Waals surface area contributed by atoms with Crippen LogP contribution in [-0.2, 0) is 16.1 Å². The first-order chi connectivity index (χ1) is 13.0. The van der Waals surface area contributed by atoms with Gasteiger partial charge in [0.2, 0.25) is 0 Å². The number of benzene rings is 2. The minimum Gasteiger partial charge on any atom is -0.459 e. The average molecular weight is 399 g/mol. The van der Waals surface area contributed by atoms with E-state index < -0.39 is 0 Å². The molecule has 0 aliphatic carbocycles. The smallest absolute Gasteiger partial charge is 0.316 e. The molecule has 0 bridgehead atoms. The predicted octanol–water partition coefficient (Wildman–Crippen LogP) is 5.65. The third-order valence-electron chi connectivity index (χ3n) is 3.92. The highest BCUT2D eigenvalue weighted by molar-refractivity contribution is 8.00. The van der Waals surface area contributed by atoms with Crippen LogP contribution in [0.3, 0.4) is 0 Å². The Balaban J connectivity index is 1.47. The minimum atomic E-state index is -0.234. The van der Waals surface area contributed by atoms with Crippen LogP contribution in [0, 0.1) is 20.8 Å². The molecule has 4 nitrogen and oxygen atoms in total. The highest BCUT2D eigenvalue weighted by Crippen LogP contribution is 2.24. The van der Waals surface area contributed by atoms with Crippen LogP contribution in [0.2, 0.25) is 0 Å². The van der Waals surface area contributed by atoms with Crippen LogP contribution in [0.25, 0.3) is 0 Å².